The summed E-state index contributed by atoms with van der Waals surface area (Å²) in [4.78, 5) is 15.6. The molecule has 0 saturated carbocycles. The molecule has 0 spiro atoms. The van der Waals surface area contributed by atoms with E-state index in [1.165, 1.54) is 4.90 Å². The van der Waals surface area contributed by atoms with Crippen LogP contribution in [0, 0.1) is 0 Å². The first-order chi connectivity index (χ1) is 8.50. The number of primary amides is 1. The molecule has 4 N–H and O–H groups in total. The third kappa shape index (κ3) is 4.42. The number of urea groups is 1. The van der Waals surface area contributed by atoms with E-state index in [1.54, 1.807) is 7.05 Å². The number of benzene rings is 1. The number of hydrogen-bond acceptors (Lipinski definition) is 2. The van der Waals surface area contributed by atoms with Gasteiger partial charge in [0.1, 0.15) is 6.23 Å². The van der Waals surface area contributed by atoms with Crippen LogP contribution in [0.25, 0.3) is 0 Å². The fourth-order valence-corrected chi connectivity index (χ4v) is 1.28. The van der Waals surface area contributed by atoms with Gasteiger partial charge in [-0.05, 0) is 12.5 Å². The molecule has 0 radical (unpaired) electrons. The Labute approximate surface area is 106 Å². The first-order valence-corrected chi connectivity index (χ1v) is 5.52. The van der Waals surface area contributed by atoms with E-state index in [0.29, 0.717) is 6.61 Å². The molecule has 1 atom stereocenters. The van der Waals surface area contributed by atoms with Crippen LogP contribution in [0.1, 0.15) is 12.5 Å². The lowest BCUT2D eigenvalue weighted by molar-refractivity contribution is -0.0145. The van der Waals surface area contributed by atoms with Crippen LogP contribution >= 0.6 is 0 Å². The SMILES string of the molecule is CC(OCc1ccccc1)N(C)/C(N)=N\C(N)=O. The third-order valence-corrected chi connectivity index (χ3v) is 2.47. The van der Waals surface area contributed by atoms with Gasteiger partial charge in [0.25, 0.3) is 0 Å². The van der Waals surface area contributed by atoms with E-state index < -0.39 is 6.03 Å². The Hall–Kier alpha value is -2.08. The zero-order chi connectivity index (χ0) is 13.5. The minimum Gasteiger partial charge on any atom is -0.369 e. The summed E-state index contributed by atoms with van der Waals surface area (Å²) >= 11 is 0. The minimum atomic E-state index is -0.824. The van der Waals surface area contributed by atoms with E-state index in [4.69, 9.17) is 16.2 Å². The Bertz CT molecular complexity index is 419. The second kappa shape index (κ2) is 6.61. The molecule has 1 aromatic rings. The Balaban J connectivity index is 2.50. The number of hydrogen-bond donors (Lipinski definition) is 2. The molecule has 0 saturated heterocycles. The number of amides is 2. The Morgan fingerprint density at radius 2 is 2.00 bits per heavy atom. The van der Waals surface area contributed by atoms with Crippen LogP contribution in [0.2, 0.25) is 0 Å². The third-order valence-electron chi connectivity index (χ3n) is 2.47. The molecule has 0 bridgehead atoms. The van der Waals surface area contributed by atoms with Crippen molar-refractivity contribution in [3.8, 4) is 0 Å². The zero-order valence-electron chi connectivity index (χ0n) is 10.5. The Morgan fingerprint density at radius 3 is 2.56 bits per heavy atom. The monoisotopic (exact) mass is 250 g/mol. The van der Waals surface area contributed by atoms with Gasteiger partial charge in [-0.25, -0.2) is 4.79 Å². The summed E-state index contributed by atoms with van der Waals surface area (Å²) in [6, 6.07) is 8.93. The molecule has 0 aliphatic carbocycles. The van der Waals surface area contributed by atoms with Gasteiger partial charge in [0.2, 0.25) is 5.96 Å². The van der Waals surface area contributed by atoms with Gasteiger partial charge in [0, 0.05) is 7.05 Å². The first kappa shape index (κ1) is 14.0. The van der Waals surface area contributed by atoms with Gasteiger partial charge in [-0.1, -0.05) is 30.3 Å². The van der Waals surface area contributed by atoms with Crippen molar-refractivity contribution in [2.75, 3.05) is 7.05 Å². The minimum absolute atomic E-state index is 0.0306. The quantitative estimate of drug-likeness (QED) is 0.471. The van der Waals surface area contributed by atoms with E-state index >= 15 is 0 Å². The van der Waals surface area contributed by atoms with Crippen LogP contribution in [0.5, 0.6) is 0 Å². The van der Waals surface area contributed by atoms with Crippen molar-refractivity contribution in [3.63, 3.8) is 0 Å². The molecule has 0 aliphatic heterocycles. The maximum atomic E-state index is 10.6. The zero-order valence-corrected chi connectivity index (χ0v) is 10.5. The highest BCUT2D eigenvalue weighted by Crippen LogP contribution is 2.05. The number of guanidine groups is 1. The van der Waals surface area contributed by atoms with Gasteiger partial charge in [-0.15, -0.1) is 0 Å². The molecule has 98 valence electrons. The number of nitrogens with zero attached hydrogens (tertiary/aromatic N) is 2. The molecule has 18 heavy (non-hydrogen) atoms. The van der Waals surface area contributed by atoms with Crippen molar-refractivity contribution in [2.45, 2.75) is 19.8 Å². The van der Waals surface area contributed by atoms with Crippen molar-refractivity contribution in [1.82, 2.24) is 4.90 Å². The topological polar surface area (TPSA) is 93.9 Å². The van der Waals surface area contributed by atoms with E-state index in [0.717, 1.165) is 5.56 Å². The number of carbonyl (C=O) groups excluding carboxylic acids is 1. The Kier molecular flexibility index (Phi) is 5.13. The van der Waals surface area contributed by atoms with Crippen molar-refractivity contribution in [1.29, 1.82) is 0 Å². The second-order valence-corrected chi connectivity index (χ2v) is 3.82. The lowest BCUT2D eigenvalue weighted by Crippen LogP contribution is -2.42. The van der Waals surface area contributed by atoms with E-state index in [9.17, 15) is 4.79 Å². The van der Waals surface area contributed by atoms with Gasteiger partial charge in [-0.2, -0.15) is 4.99 Å². The fraction of sp³-hybridized carbons (Fsp3) is 0.333. The highest BCUT2D eigenvalue weighted by atomic mass is 16.5. The molecular weight excluding hydrogens is 232 g/mol. The molecule has 2 amide bonds. The molecule has 0 aliphatic rings. The normalized spacial score (nSPS) is 13.1. The maximum absolute atomic E-state index is 10.6. The molecule has 6 nitrogen and oxygen atoms in total. The van der Waals surface area contributed by atoms with Gasteiger partial charge in [0.05, 0.1) is 6.61 Å². The van der Waals surface area contributed by atoms with Crippen LogP contribution in [0.15, 0.2) is 35.3 Å². The first-order valence-electron chi connectivity index (χ1n) is 5.52. The summed E-state index contributed by atoms with van der Waals surface area (Å²) in [5.74, 6) is 0.0306. The average molecular weight is 250 g/mol. The van der Waals surface area contributed by atoms with Crippen LogP contribution < -0.4 is 11.5 Å². The predicted molar refractivity (Wildman–Crippen MR) is 69.7 cm³/mol. The fourth-order valence-electron chi connectivity index (χ4n) is 1.28. The number of carbonyl (C=O) groups is 1. The average Bonchev–Trinajstić information content (AvgIpc) is 2.35. The summed E-state index contributed by atoms with van der Waals surface area (Å²) < 4.78 is 5.61. The molecule has 1 unspecified atom stereocenters. The highest BCUT2D eigenvalue weighted by Gasteiger charge is 2.12. The van der Waals surface area contributed by atoms with Crippen LogP contribution in [-0.2, 0) is 11.3 Å². The summed E-state index contributed by atoms with van der Waals surface area (Å²) in [5.41, 5.74) is 11.6. The number of ether oxygens (including phenoxy) is 1. The molecule has 0 fully saturated rings. The lowest BCUT2D eigenvalue weighted by Gasteiger charge is -2.25. The predicted octanol–water partition coefficient (Wildman–Crippen LogP) is 0.874. The van der Waals surface area contributed by atoms with Gasteiger partial charge in [0.15, 0.2) is 0 Å². The standard InChI is InChI=1S/C12H18N4O2/c1-9(16(2)11(13)15-12(14)17)18-8-10-6-4-3-5-7-10/h3-7,9H,8H2,1-2H3,(H4,13,14,15,17). The van der Waals surface area contributed by atoms with Gasteiger partial charge >= 0.3 is 6.03 Å². The van der Waals surface area contributed by atoms with Crippen LogP contribution in [0.4, 0.5) is 4.79 Å². The van der Waals surface area contributed by atoms with Crippen molar-refractivity contribution < 1.29 is 9.53 Å². The van der Waals surface area contributed by atoms with E-state index in [1.807, 2.05) is 37.3 Å². The maximum Gasteiger partial charge on any atom is 0.341 e. The summed E-state index contributed by atoms with van der Waals surface area (Å²) in [7, 11) is 1.68. The Morgan fingerprint density at radius 1 is 1.39 bits per heavy atom. The van der Waals surface area contributed by atoms with Crippen molar-refractivity contribution in [3.05, 3.63) is 35.9 Å². The summed E-state index contributed by atoms with van der Waals surface area (Å²) in [6.45, 7) is 2.27. The van der Waals surface area contributed by atoms with Gasteiger partial charge < -0.3 is 21.1 Å². The summed E-state index contributed by atoms with van der Waals surface area (Å²) in [6.07, 6.45) is -0.312. The molecule has 1 aromatic carbocycles. The number of nitrogens with two attached hydrogens (primary N) is 2. The van der Waals surface area contributed by atoms with E-state index in [2.05, 4.69) is 4.99 Å². The van der Waals surface area contributed by atoms with Gasteiger partial charge in [-0.3, -0.25) is 0 Å². The molecule has 0 aromatic heterocycles. The van der Waals surface area contributed by atoms with Crippen molar-refractivity contribution >= 4 is 12.0 Å². The smallest absolute Gasteiger partial charge is 0.341 e. The largest absolute Gasteiger partial charge is 0.369 e. The second-order valence-electron chi connectivity index (χ2n) is 3.82. The van der Waals surface area contributed by atoms with Crippen LogP contribution in [-0.4, -0.2) is 30.2 Å². The highest BCUT2D eigenvalue weighted by molar-refractivity contribution is 5.90. The van der Waals surface area contributed by atoms with E-state index in [-0.39, 0.29) is 12.2 Å². The van der Waals surface area contributed by atoms with Crippen LogP contribution in [0.3, 0.4) is 0 Å². The number of aliphatic imine (C=N–C) groups is 1. The molecule has 1 rings (SSSR count). The van der Waals surface area contributed by atoms with Crippen molar-refractivity contribution in [2.24, 2.45) is 16.5 Å². The molecule has 6 heteroatoms. The number of rotatable bonds is 4. The lowest BCUT2D eigenvalue weighted by atomic mass is 10.2. The summed E-state index contributed by atoms with van der Waals surface area (Å²) in [5, 5.41) is 0. The molecule has 0 heterocycles. The molecular formula is C12H18N4O2.